The third-order valence-electron chi connectivity index (χ3n) is 2.01. The summed E-state index contributed by atoms with van der Waals surface area (Å²) in [5.41, 5.74) is 1.19. The highest BCUT2D eigenvalue weighted by molar-refractivity contribution is 8.28. The van der Waals surface area contributed by atoms with Gasteiger partial charge in [0.2, 0.25) is 0 Å². The Kier molecular flexibility index (Phi) is 5.84. The third-order valence-corrected chi connectivity index (χ3v) is 6.58. The lowest BCUT2D eigenvalue weighted by Crippen LogP contribution is -2.14. The molecule has 0 bridgehead atoms. The second-order valence-corrected chi connectivity index (χ2v) is 14.2. The average Bonchev–Trinajstić information content (AvgIpc) is 2.23. The van der Waals surface area contributed by atoms with Gasteiger partial charge in [-0.25, -0.2) is 0 Å². The molecule has 88 valence electrons. The predicted octanol–water partition coefficient (Wildman–Crippen LogP) is 4.06. The van der Waals surface area contributed by atoms with Gasteiger partial charge in [-0.15, -0.1) is 0 Å². The van der Waals surface area contributed by atoms with Crippen LogP contribution in [0, 0.1) is 0 Å². The molecule has 0 unspecified atom stereocenters. The summed E-state index contributed by atoms with van der Waals surface area (Å²) in [6.07, 6.45) is 3.16. The van der Waals surface area contributed by atoms with E-state index < -0.39 is 7.22 Å². The van der Waals surface area contributed by atoms with Crippen molar-refractivity contribution in [1.82, 2.24) is 0 Å². The SMILES string of the molecule is C[Si](C)(C)SCCC/N=C\c1ccccc1. The highest BCUT2D eigenvalue weighted by Crippen LogP contribution is 2.19. The van der Waals surface area contributed by atoms with E-state index in [1.807, 2.05) is 24.4 Å². The van der Waals surface area contributed by atoms with E-state index in [9.17, 15) is 0 Å². The van der Waals surface area contributed by atoms with Crippen molar-refractivity contribution < 1.29 is 0 Å². The molecule has 0 aliphatic carbocycles. The molecular weight excluding hydrogens is 230 g/mol. The predicted molar refractivity (Wildman–Crippen MR) is 79.3 cm³/mol. The van der Waals surface area contributed by atoms with Gasteiger partial charge in [-0.2, -0.15) is 11.2 Å². The molecule has 0 saturated heterocycles. The third kappa shape index (κ3) is 6.85. The van der Waals surface area contributed by atoms with Crippen molar-refractivity contribution in [3.8, 4) is 0 Å². The number of nitrogens with zero attached hydrogens (tertiary/aromatic N) is 1. The molecule has 0 atom stereocenters. The van der Waals surface area contributed by atoms with Crippen LogP contribution in [0.5, 0.6) is 0 Å². The highest BCUT2D eigenvalue weighted by atomic mass is 32.4. The fourth-order valence-corrected chi connectivity index (χ4v) is 4.40. The van der Waals surface area contributed by atoms with Crippen LogP contribution in [-0.4, -0.2) is 25.7 Å². The van der Waals surface area contributed by atoms with Crippen LogP contribution >= 0.6 is 11.2 Å². The van der Waals surface area contributed by atoms with Crippen LogP contribution in [0.2, 0.25) is 19.6 Å². The van der Waals surface area contributed by atoms with Crippen LogP contribution in [0.4, 0.5) is 0 Å². The number of hydrogen-bond acceptors (Lipinski definition) is 2. The summed E-state index contributed by atoms with van der Waals surface area (Å²) >= 11 is 2.14. The van der Waals surface area contributed by atoms with Gasteiger partial charge < -0.3 is 0 Å². The van der Waals surface area contributed by atoms with E-state index in [2.05, 4.69) is 48.0 Å². The highest BCUT2D eigenvalue weighted by Gasteiger charge is 2.12. The molecular formula is C13H21NSSi. The molecule has 0 saturated carbocycles. The van der Waals surface area contributed by atoms with Crippen molar-refractivity contribution >= 4 is 24.6 Å². The Morgan fingerprint density at radius 2 is 1.88 bits per heavy atom. The first-order valence-electron chi connectivity index (χ1n) is 5.77. The summed E-state index contributed by atoms with van der Waals surface area (Å²) in [7, 11) is -0.917. The Balaban J connectivity index is 2.14. The molecule has 0 aromatic heterocycles. The van der Waals surface area contributed by atoms with Gasteiger partial charge in [0.25, 0.3) is 0 Å². The molecule has 0 aliphatic heterocycles. The maximum atomic E-state index is 4.44. The molecule has 16 heavy (non-hydrogen) atoms. The van der Waals surface area contributed by atoms with Crippen molar-refractivity contribution in [2.45, 2.75) is 26.1 Å². The first-order chi connectivity index (χ1) is 7.58. The zero-order valence-corrected chi connectivity index (χ0v) is 12.3. The van der Waals surface area contributed by atoms with Crippen molar-refractivity contribution in [3.63, 3.8) is 0 Å². The lowest BCUT2D eigenvalue weighted by atomic mass is 10.2. The van der Waals surface area contributed by atoms with Gasteiger partial charge in [0, 0.05) is 12.8 Å². The molecule has 0 amide bonds. The molecule has 0 aliphatic rings. The fraction of sp³-hybridized carbons (Fsp3) is 0.462. The van der Waals surface area contributed by atoms with Gasteiger partial charge in [0.1, 0.15) is 7.22 Å². The quantitative estimate of drug-likeness (QED) is 0.422. The minimum atomic E-state index is -0.917. The van der Waals surface area contributed by atoms with Crippen LogP contribution in [-0.2, 0) is 0 Å². The van der Waals surface area contributed by atoms with E-state index in [1.54, 1.807) is 0 Å². The summed E-state index contributed by atoms with van der Waals surface area (Å²) in [6, 6.07) is 10.3. The lowest BCUT2D eigenvalue weighted by Gasteiger charge is -2.13. The first-order valence-corrected chi connectivity index (χ1v) is 11.0. The smallest absolute Gasteiger partial charge is 0.108 e. The Morgan fingerprint density at radius 1 is 1.19 bits per heavy atom. The van der Waals surface area contributed by atoms with Crippen LogP contribution in [0.3, 0.4) is 0 Å². The van der Waals surface area contributed by atoms with Gasteiger partial charge in [-0.05, 0) is 17.7 Å². The van der Waals surface area contributed by atoms with Crippen molar-refractivity contribution in [1.29, 1.82) is 0 Å². The average molecular weight is 251 g/mol. The van der Waals surface area contributed by atoms with Crippen molar-refractivity contribution in [2.24, 2.45) is 4.99 Å². The second-order valence-electron chi connectivity index (χ2n) is 4.76. The topological polar surface area (TPSA) is 12.4 Å². The first kappa shape index (κ1) is 13.5. The second kappa shape index (κ2) is 6.92. The Morgan fingerprint density at radius 3 is 2.50 bits per heavy atom. The molecule has 0 fully saturated rings. The molecule has 1 nitrogen and oxygen atoms in total. The summed E-state index contributed by atoms with van der Waals surface area (Å²) < 4.78 is 0. The van der Waals surface area contributed by atoms with Gasteiger partial charge in [0.05, 0.1) is 0 Å². The maximum absolute atomic E-state index is 4.44. The molecule has 0 heterocycles. The fourth-order valence-electron chi connectivity index (χ4n) is 1.24. The number of benzene rings is 1. The maximum Gasteiger partial charge on any atom is 0.108 e. The van der Waals surface area contributed by atoms with E-state index >= 15 is 0 Å². The summed E-state index contributed by atoms with van der Waals surface area (Å²) in [4.78, 5) is 4.44. The van der Waals surface area contributed by atoms with Crippen LogP contribution in [0.15, 0.2) is 35.3 Å². The minimum absolute atomic E-state index is 0.917. The molecule has 0 N–H and O–H groups in total. The van der Waals surface area contributed by atoms with Crippen LogP contribution < -0.4 is 0 Å². The minimum Gasteiger partial charge on any atom is -0.293 e. The van der Waals surface area contributed by atoms with E-state index in [0.717, 1.165) is 6.54 Å². The zero-order chi connectivity index (χ0) is 11.9. The Bertz CT molecular complexity index is 316. The summed E-state index contributed by atoms with van der Waals surface area (Å²) in [6.45, 7) is 8.13. The van der Waals surface area contributed by atoms with Gasteiger partial charge in [0.15, 0.2) is 0 Å². The van der Waals surface area contributed by atoms with Gasteiger partial charge in [-0.1, -0.05) is 50.0 Å². The van der Waals surface area contributed by atoms with Crippen LogP contribution in [0.1, 0.15) is 12.0 Å². The lowest BCUT2D eigenvalue weighted by molar-refractivity contribution is 0.950. The zero-order valence-electron chi connectivity index (χ0n) is 10.4. The number of rotatable bonds is 6. The van der Waals surface area contributed by atoms with Gasteiger partial charge in [-0.3, -0.25) is 4.99 Å². The molecule has 0 radical (unpaired) electrons. The molecule has 0 spiro atoms. The largest absolute Gasteiger partial charge is 0.293 e. The number of aliphatic imine (C=N–C) groups is 1. The number of hydrogen-bond donors (Lipinski definition) is 0. The monoisotopic (exact) mass is 251 g/mol. The molecule has 1 aromatic carbocycles. The van der Waals surface area contributed by atoms with E-state index in [4.69, 9.17) is 0 Å². The normalized spacial score (nSPS) is 12.2. The standard InChI is InChI=1S/C13H21NSSi/c1-16(2,3)15-11-7-10-14-12-13-8-5-4-6-9-13/h4-6,8-9,12H,7,10-11H2,1-3H3/b14-12-. The molecule has 1 rings (SSSR count). The van der Waals surface area contributed by atoms with E-state index in [0.29, 0.717) is 0 Å². The Labute approximate surface area is 104 Å². The van der Waals surface area contributed by atoms with Crippen molar-refractivity contribution in [3.05, 3.63) is 35.9 Å². The molecule has 1 aromatic rings. The van der Waals surface area contributed by atoms with Crippen molar-refractivity contribution in [2.75, 3.05) is 12.3 Å². The summed E-state index contributed by atoms with van der Waals surface area (Å²) in [5, 5.41) is 0. The summed E-state index contributed by atoms with van der Waals surface area (Å²) in [5.74, 6) is 1.25. The Hall–Kier alpha value is -0.543. The van der Waals surface area contributed by atoms with Gasteiger partial charge >= 0.3 is 0 Å². The van der Waals surface area contributed by atoms with E-state index in [-0.39, 0.29) is 0 Å². The molecule has 3 heteroatoms. The van der Waals surface area contributed by atoms with Crippen LogP contribution in [0.25, 0.3) is 0 Å². The van der Waals surface area contributed by atoms with E-state index in [1.165, 1.54) is 17.7 Å².